The van der Waals surface area contributed by atoms with Gasteiger partial charge in [-0.05, 0) is 55.7 Å². The Labute approximate surface area is 186 Å². The highest BCUT2D eigenvalue weighted by Gasteiger charge is 2.30. The molecule has 0 fully saturated rings. The Morgan fingerprint density at radius 1 is 1.19 bits per heavy atom. The van der Waals surface area contributed by atoms with Crippen LogP contribution in [0.15, 0.2) is 52.2 Å². The van der Waals surface area contributed by atoms with Crippen molar-refractivity contribution in [3.8, 4) is 0 Å². The number of aryl methyl sites for hydroxylation is 3. The van der Waals surface area contributed by atoms with Gasteiger partial charge in [-0.3, -0.25) is 9.59 Å². The molecule has 0 aliphatic carbocycles. The van der Waals surface area contributed by atoms with E-state index < -0.39 is 21.5 Å². The first-order valence-electron chi connectivity index (χ1n) is 10.2. The van der Waals surface area contributed by atoms with E-state index in [9.17, 15) is 18.0 Å². The number of hydrogen-bond donors (Lipinski definition) is 1. The topological polar surface area (TPSA) is 112 Å². The summed E-state index contributed by atoms with van der Waals surface area (Å²) in [6.45, 7) is 1.77. The van der Waals surface area contributed by atoms with Crippen molar-refractivity contribution in [2.24, 2.45) is 12.8 Å². The van der Waals surface area contributed by atoms with Gasteiger partial charge in [0.15, 0.2) is 9.84 Å². The Kier molecular flexibility index (Phi) is 5.56. The van der Waals surface area contributed by atoms with Gasteiger partial charge in [0.25, 0.3) is 5.56 Å². The van der Waals surface area contributed by atoms with Gasteiger partial charge in [-0.15, -0.1) is 0 Å². The van der Waals surface area contributed by atoms with Crippen molar-refractivity contribution in [3.63, 3.8) is 0 Å². The highest BCUT2D eigenvalue weighted by atomic mass is 32.2. The molecule has 1 aliphatic heterocycles. The van der Waals surface area contributed by atoms with Gasteiger partial charge in [-0.2, -0.15) is 0 Å². The largest absolute Gasteiger partial charge is 0.369 e. The van der Waals surface area contributed by atoms with Gasteiger partial charge in [0.05, 0.1) is 16.1 Å². The van der Waals surface area contributed by atoms with Gasteiger partial charge in [0.1, 0.15) is 12.0 Å². The van der Waals surface area contributed by atoms with Crippen molar-refractivity contribution < 1.29 is 17.9 Å². The summed E-state index contributed by atoms with van der Waals surface area (Å²) in [6.07, 6.45) is 1.08. The van der Waals surface area contributed by atoms with E-state index in [1.807, 2.05) is 29.2 Å². The molecule has 168 valence electrons. The molecule has 1 aliphatic rings. The molecule has 0 radical (unpaired) electrons. The van der Waals surface area contributed by atoms with Crippen LogP contribution < -0.4 is 16.2 Å². The van der Waals surface area contributed by atoms with Gasteiger partial charge >= 0.3 is 0 Å². The van der Waals surface area contributed by atoms with Crippen LogP contribution in [0.5, 0.6) is 0 Å². The van der Waals surface area contributed by atoms with Crippen LogP contribution in [0.3, 0.4) is 0 Å². The molecule has 32 heavy (non-hydrogen) atoms. The van der Waals surface area contributed by atoms with Crippen LogP contribution in [-0.4, -0.2) is 38.0 Å². The van der Waals surface area contributed by atoms with Gasteiger partial charge in [-0.1, -0.05) is 12.1 Å². The predicted molar refractivity (Wildman–Crippen MR) is 123 cm³/mol. The Bertz CT molecular complexity index is 1390. The zero-order valence-corrected chi connectivity index (χ0v) is 19.0. The summed E-state index contributed by atoms with van der Waals surface area (Å²) < 4.78 is 32.7. The number of benzene rings is 2. The van der Waals surface area contributed by atoms with E-state index in [-0.39, 0.29) is 16.7 Å². The van der Waals surface area contributed by atoms with Gasteiger partial charge < -0.3 is 19.9 Å². The maximum atomic E-state index is 12.7. The van der Waals surface area contributed by atoms with Crippen LogP contribution in [0, 0.1) is 6.92 Å². The fourth-order valence-electron chi connectivity index (χ4n) is 4.36. The fraction of sp³-hybridized carbons (Fsp3) is 0.304. The van der Waals surface area contributed by atoms with Crippen LogP contribution in [-0.2, 0) is 32.8 Å². The Hall–Kier alpha value is -3.17. The number of aromatic nitrogens is 1. The van der Waals surface area contributed by atoms with Crippen molar-refractivity contribution in [1.82, 2.24) is 4.57 Å². The van der Waals surface area contributed by atoms with E-state index in [0.717, 1.165) is 22.2 Å². The summed E-state index contributed by atoms with van der Waals surface area (Å²) in [5.41, 5.74) is 8.90. The number of ether oxygens (including phenoxy) is 1. The first-order valence-corrected chi connectivity index (χ1v) is 11.8. The maximum absolute atomic E-state index is 12.7. The summed E-state index contributed by atoms with van der Waals surface area (Å²) in [4.78, 5) is 25.7. The summed E-state index contributed by atoms with van der Waals surface area (Å²) in [7, 11) is -0.528. The molecule has 1 aromatic heterocycles. The molecule has 1 atom stereocenters. The molecule has 8 nitrogen and oxygen atoms in total. The van der Waals surface area contributed by atoms with Crippen LogP contribution in [0.25, 0.3) is 10.9 Å². The van der Waals surface area contributed by atoms with Crippen LogP contribution in [0.4, 0.5) is 11.4 Å². The molecule has 4 rings (SSSR count). The summed E-state index contributed by atoms with van der Waals surface area (Å²) in [6, 6.07) is 12.4. The number of nitrogens with two attached hydrogens (primary N) is 1. The molecule has 9 heteroatoms. The van der Waals surface area contributed by atoms with Gasteiger partial charge in [0.2, 0.25) is 5.91 Å². The van der Waals surface area contributed by atoms with Crippen LogP contribution in [0.1, 0.15) is 17.5 Å². The van der Waals surface area contributed by atoms with E-state index in [1.165, 1.54) is 6.07 Å². The highest BCUT2D eigenvalue weighted by molar-refractivity contribution is 7.92. The molecule has 1 unspecified atom stereocenters. The molecule has 0 spiro atoms. The molecular formula is C23H25N3O5S. The van der Waals surface area contributed by atoms with Crippen molar-refractivity contribution in [2.75, 3.05) is 17.8 Å². The second-order valence-electron chi connectivity index (χ2n) is 8.02. The molecular weight excluding hydrogens is 430 g/mol. The summed E-state index contributed by atoms with van der Waals surface area (Å²) >= 11 is 0. The number of sulfone groups is 1. The monoisotopic (exact) mass is 455 g/mol. The predicted octanol–water partition coefficient (Wildman–Crippen LogP) is 2.16. The number of methoxy groups -OCH3 is 1. The van der Waals surface area contributed by atoms with E-state index >= 15 is 0 Å². The molecule has 0 saturated heterocycles. The van der Waals surface area contributed by atoms with Crippen molar-refractivity contribution >= 4 is 38.0 Å². The minimum Gasteiger partial charge on any atom is -0.369 e. The zero-order chi connectivity index (χ0) is 23.2. The van der Waals surface area contributed by atoms with Crippen molar-refractivity contribution in [2.45, 2.75) is 30.9 Å². The lowest BCUT2D eigenvalue weighted by Gasteiger charge is -2.38. The molecule has 1 amide bonds. The molecule has 0 saturated carbocycles. The number of fused-ring (bicyclic) bond motifs is 2. The second kappa shape index (κ2) is 8.07. The quantitative estimate of drug-likeness (QED) is 0.631. The molecule has 3 aromatic rings. The van der Waals surface area contributed by atoms with Crippen LogP contribution >= 0.6 is 0 Å². The molecule has 2 heterocycles. The number of amides is 1. The number of hydrogen-bond acceptors (Lipinski definition) is 6. The number of rotatable bonds is 5. The number of pyridine rings is 1. The van der Waals surface area contributed by atoms with Crippen LogP contribution in [0.2, 0.25) is 0 Å². The normalized spacial score (nSPS) is 16.2. The minimum absolute atomic E-state index is 0.0284. The lowest BCUT2D eigenvalue weighted by molar-refractivity contribution is -0.115. The number of carbonyl (C=O) groups excluding carboxylic acids is 1. The SMILES string of the molecule is COC1CCc2ccc(S(=O)(=O)CC(N)=O)cc2N1c1cccc2c1cc(C)c(=O)n2C. The number of carbonyl (C=O) groups is 1. The fourth-order valence-corrected chi connectivity index (χ4v) is 5.47. The molecule has 2 N–H and O–H groups in total. The summed E-state index contributed by atoms with van der Waals surface area (Å²) in [5, 5.41) is 0.854. The summed E-state index contributed by atoms with van der Waals surface area (Å²) in [5.74, 6) is -1.66. The first kappa shape index (κ1) is 22.0. The minimum atomic E-state index is -3.87. The Morgan fingerprint density at radius 3 is 2.62 bits per heavy atom. The smallest absolute Gasteiger partial charge is 0.253 e. The average Bonchev–Trinajstić information content (AvgIpc) is 2.75. The third-order valence-electron chi connectivity index (χ3n) is 5.91. The maximum Gasteiger partial charge on any atom is 0.253 e. The third-order valence-corrected chi connectivity index (χ3v) is 7.55. The second-order valence-corrected chi connectivity index (χ2v) is 10.0. The highest BCUT2D eigenvalue weighted by Crippen LogP contribution is 2.41. The van der Waals surface area contributed by atoms with Crippen molar-refractivity contribution in [3.05, 3.63) is 63.9 Å². The lowest BCUT2D eigenvalue weighted by Crippen LogP contribution is -2.37. The standard InChI is InChI=1S/C23H25N3O5S/c1-14-11-17-18(25(2)23(14)28)5-4-6-19(17)26-20-12-16(32(29,30)13-21(24)27)9-7-15(20)8-10-22(26)31-3/h4-7,9,11-12,22H,8,10,13H2,1-3H3,(H2,24,27). The van der Waals surface area contributed by atoms with Gasteiger partial charge in [0, 0.05) is 30.8 Å². The Balaban J connectivity index is 1.97. The number of anilines is 2. The lowest BCUT2D eigenvalue weighted by atomic mass is 9.98. The van der Waals surface area contributed by atoms with Crippen molar-refractivity contribution in [1.29, 1.82) is 0 Å². The van der Waals surface area contributed by atoms with E-state index in [4.69, 9.17) is 10.5 Å². The molecule has 0 bridgehead atoms. The first-order chi connectivity index (χ1) is 15.1. The third kappa shape index (κ3) is 3.67. The molecule has 2 aromatic carbocycles. The zero-order valence-electron chi connectivity index (χ0n) is 18.2. The van der Waals surface area contributed by atoms with E-state index in [0.29, 0.717) is 24.1 Å². The van der Waals surface area contributed by atoms with E-state index in [2.05, 4.69) is 0 Å². The van der Waals surface area contributed by atoms with E-state index in [1.54, 1.807) is 37.8 Å². The number of primary amides is 1. The number of nitrogens with zero attached hydrogens (tertiary/aromatic N) is 2. The Morgan fingerprint density at radius 2 is 1.94 bits per heavy atom. The average molecular weight is 456 g/mol. The van der Waals surface area contributed by atoms with Gasteiger partial charge in [-0.25, -0.2) is 8.42 Å².